The van der Waals surface area contributed by atoms with E-state index in [1.54, 1.807) is 0 Å². The van der Waals surface area contributed by atoms with Crippen molar-refractivity contribution in [3.05, 3.63) is 12.2 Å². The standard InChI is InChI=1S/C17H29Cl/c1-2-3-4-5-6-7-8-9-10-11-12-13-14-15-16-17-18/h4-5H,2-3,8-17H2,1H3. The van der Waals surface area contributed by atoms with E-state index in [1.807, 2.05) is 6.08 Å². The van der Waals surface area contributed by atoms with Crippen LogP contribution in [0.1, 0.15) is 77.6 Å². The number of alkyl halides is 1. The van der Waals surface area contributed by atoms with Gasteiger partial charge in [-0.2, -0.15) is 0 Å². The highest BCUT2D eigenvalue weighted by molar-refractivity contribution is 6.17. The van der Waals surface area contributed by atoms with Crippen LogP contribution in [0, 0.1) is 11.8 Å². The Morgan fingerprint density at radius 1 is 0.889 bits per heavy atom. The highest BCUT2D eigenvalue weighted by atomic mass is 35.5. The number of hydrogen-bond acceptors (Lipinski definition) is 0. The van der Waals surface area contributed by atoms with Gasteiger partial charge in [0.05, 0.1) is 0 Å². The molecule has 0 radical (unpaired) electrons. The van der Waals surface area contributed by atoms with Gasteiger partial charge in [0, 0.05) is 12.3 Å². The summed E-state index contributed by atoms with van der Waals surface area (Å²) in [5.41, 5.74) is 0. The third-order valence-corrected chi connectivity index (χ3v) is 3.21. The van der Waals surface area contributed by atoms with Crippen LogP contribution >= 0.6 is 11.6 Å². The molecule has 104 valence electrons. The molecule has 18 heavy (non-hydrogen) atoms. The van der Waals surface area contributed by atoms with Crippen LogP contribution in [0.5, 0.6) is 0 Å². The van der Waals surface area contributed by atoms with Gasteiger partial charge >= 0.3 is 0 Å². The number of rotatable bonds is 11. The Labute approximate surface area is 119 Å². The average Bonchev–Trinajstić information content (AvgIpc) is 2.39. The minimum atomic E-state index is 0.825. The number of halogens is 1. The third-order valence-electron chi connectivity index (χ3n) is 2.94. The Bertz CT molecular complexity index is 232. The maximum absolute atomic E-state index is 5.63. The van der Waals surface area contributed by atoms with Crippen LogP contribution in [0.25, 0.3) is 0 Å². The predicted molar refractivity (Wildman–Crippen MR) is 84.1 cm³/mol. The summed E-state index contributed by atoms with van der Waals surface area (Å²) in [5, 5.41) is 0. The molecule has 0 spiro atoms. The maximum atomic E-state index is 5.63. The fourth-order valence-electron chi connectivity index (χ4n) is 1.81. The molecular formula is C17H29Cl. The summed E-state index contributed by atoms with van der Waals surface area (Å²) < 4.78 is 0. The summed E-state index contributed by atoms with van der Waals surface area (Å²) in [7, 11) is 0. The predicted octanol–water partition coefficient (Wildman–Crippen LogP) is 6.10. The lowest BCUT2D eigenvalue weighted by molar-refractivity contribution is 0.580. The van der Waals surface area contributed by atoms with Crippen LogP contribution < -0.4 is 0 Å². The van der Waals surface area contributed by atoms with Gasteiger partial charge in [0.15, 0.2) is 0 Å². The zero-order valence-electron chi connectivity index (χ0n) is 12.0. The maximum Gasteiger partial charge on any atom is 0.0223 e. The molecule has 0 N–H and O–H groups in total. The molecule has 0 aromatic carbocycles. The monoisotopic (exact) mass is 268 g/mol. The first-order valence-corrected chi connectivity index (χ1v) is 8.14. The van der Waals surface area contributed by atoms with E-state index in [1.165, 1.54) is 57.8 Å². The van der Waals surface area contributed by atoms with Crippen LogP contribution in [-0.4, -0.2) is 5.88 Å². The van der Waals surface area contributed by atoms with Crippen molar-refractivity contribution in [1.82, 2.24) is 0 Å². The Hall–Kier alpha value is -0.410. The van der Waals surface area contributed by atoms with E-state index in [9.17, 15) is 0 Å². The Balaban J connectivity index is 3.11. The quantitative estimate of drug-likeness (QED) is 0.241. The van der Waals surface area contributed by atoms with Gasteiger partial charge in [0.25, 0.3) is 0 Å². The lowest BCUT2D eigenvalue weighted by Crippen LogP contribution is -1.81. The molecule has 0 rings (SSSR count). The van der Waals surface area contributed by atoms with Crippen molar-refractivity contribution in [1.29, 1.82) is 0 Å². The molecule has 0 saturated heterocycles. The lowest BCUT2D eigenvalue weighted by Gasteiger charge is -1.99. The van der Waals surface area contributed by atoms with Gasteiger partial charge < -0.3 is 0 Å². The minimum absolute atomic E-state index is 0.825. The molecule has 0 aliphatic rings. The van der Waals surface area contributed by atoms with Crippen molar-refractivity contribution in [3.63, 3.8) is 0 Å². The van der Waals surface area contributed by atoms with Gasteiger partial charge in [-0.25, -0.2) is 0 Å². The number of hydrogen-bond donors (Lipinski definition) is 0. The average molecular weight is 269 g/mol. The summed E-state index contributed by atoms with van der Waals surface area (Å²) >= 11 is 5.63. The van der Waals surface area contributed by atoms with Crippen molar-refractivity contribution in [2.24, 2.45) is 0 Å². The first-order chi connectivity index (χ1) is 8.91. The zero-order valence-corrected chi connectivity index (χ0v) is 12.8. The van der Waals surface area contributed by atoms with E-state index < -0.39 is 0 Å². The van der Waals surface area contributed by atoms with Crippen molar-refractivity contribution < 1.29 is 0 Å². The molecule has 0 aliphatic carbocycles. The van der Waals surface area contributed by atoms with Crippen molar-refractivity contribution in [2.75, 3.05) is 5.88 Å². The van der Waals surface area contributed by atoms with E-state index in [2.05, 4.69) is 24.8 Å². The summed E-state index contributed by atoms with van der Waals surface area (Å²) in [6, 6.07) is 0. The van der Waals surface area contributed by atoms with Crippen LogP contribution in [0.15, 0.2) is 12.2 Å². The van der Waals surface area contributed by atoms with E-state index >= 15 is 0 Å². The summed E-state index contributed by atoms with van der Waals surface area (Å²) in [6.07, 6.45) is 18.1. The van der Waals surface area contributed by atoms with E-state index in [0.717, 1.165) is 18.7 Å². The second-order valence-corrected chi connectivity index (χ2v) is 5.16. The molecule has 0 unspecified atom stereocenters. The zero-order chi connectivity index (χ0) is 13.3. The Morgan fingerprint density at radius 2 is 1.50 bits per heavy atom. The first kappa shape index (κ1) is 17.6. The molecule has 0 atom stereocenters. The topological polar surface area (TPSA) is 0 Å². The highest BCUT2D eigenvalue weighted by Crippen LogP contribution is 2.09. The van der Waals surface area contributed by atoms with Gasteiger partial charge in [0.2, 0.25) is 0 Å². The van der Waals surface area contributed by atoms with Crippen molar-refractivity contribution in [3.8, 4) is 11.8 Å². The van der Waals surface area contributed by atoms with Gasteiger partial charge in [0.1, 0.15) is 0 Å². The second kappa shape index (κ2) is 16.6. The van der Waals surface area contributed by atoms with Gasteiger partial charge in [-0.3, -0.25) is 0 Å². The smallest absolute Gasteiger partial charge is 0.0223 e. The molecule has 0 heterocycles. The third kappa shape index (κ3) is 15.6. The molecule has 1 heteroatoms. The molecule has 0 aromatic rings. The largest absolute Gasteiger partial charge is 0.127 e. The van der Waals surface area contributed by atoms with Gasteiger partial charge in [-0.05, 0) is 25.3 Å². The van der Waals surface area contributed by atoms with Gasteiger partial charge in [-0.1, -0.05) is 69.8 Å². The molecule has 0 aromatic heterocycles. The molecule has 0 amide bonds. The molecule has 0 aliphatic heterocycles. The molecule has 0 fully saturated rings. The van der Waals surface area contributed by atoms with E-state index in [0.29, 0.717) is 0 Å². The molecule has 0 saturated carbocycles. The van der Waals surface area contributed by atoms with Crippen LogP contribution in [0.3, 0.4) is 0 Å². The van der Waals surface area contributed by atoms with Crippen LogP contribution in [0.2, 0.25) is 0 Å². The fourth-order valence-corrected chi connectivity index (χ4v) is 2.00. The SMILES string of the molecule is CCCC=CC#CCCCCCCCCCCCl. The molecular weight excluding hydrogens is 240 g/mol. The van der Waals surface area contributed by atoms with Crippen LogP contribution in [0.4, 0.5) is 0 Å². The molecule has 0 bridgehead atoms. The van der Waals surface area contributed by atoms with Crippen LogP contribution in [-0.2, 0) is 0 Å². The summed E-state index contributed by atoms with van der Waals surface area (Å²) in [6.45, 7) is 2.19. The highest BCUT2D eigenvalue weighted by Gasteiger charge is 1.91. The molecule has 0 nitrogen and oxygen atoms in total. The Kier molecular flexibility index (Phi) is 16.2. The lowest BCUT2D eigenvalue weighted by atomic mass is 10.1. The number of unbranched alkanes of at least 4 members (excludes halogenated alkanes) is 9. The van der Waals surface area contributed by atoms with Gasteiger partial charge in [-0.15, -0.1) is 11.6 Å². The fraction of sp³-hybridized carbons (Fsp3) is 0.765. The Morgan fingerprint density at radius 3 is 2.11 bits per heavy atom. The summed E-state index contributed by atoms with van der Waals surface area (Å²) in [4.78, 5) is 0. The normalized spacial score (nSPS) is 10.6. The minimum Gasteiger partial charge on any atom is -0.127 e. The number of allylic oxidation sites excluding steroid dienone is 2. The van der Waals surface area contributed by atoms with E-state index in [4.69, 9.17) is 11.6 Å². The van der Waals surface area contributed by atoms with Crippen molar-refractivity contribution in [2.45, 2.75) is 77.6 Å². The van der Waals surface area contributed by atoms with E-state index in [-0.39, 0.29) is 0 Å². The van der Waals surface area contributed by atoms with Crippen molar-refractivity contribution >= 4 is 11.6 Å². The first-order valence-electron chi connectivity index (χ1n) is 7.61. The summed E-state index contributed by atoms with van der Waals surface area (Å²) in [5.74, 6) is 7.14. The second-order valence-electron chi connectivity index (χ2n) is 4.78.